The van der Waals surface area contributed by atoms with Gasteiger partial charge in [-0.1, -0.05) is 30.0 Å². The number of rotatable bonds is 6. The zero-order valence-electron chi connectivity index (χ0n) is 14.4. The summed E-state index contributed by atoms with van der Waals surface area (Å²) in [6.07, 6.45) is -4.37. The molecule has 3 rings (SSSR count). The summed E-state index contributed by atoms with van der Waals surface area (Å²) >= 11 is 1.16. The Labute approximate surface area is 157 Å². The fraction of sp³-hybridized carbons (Fsp3) is 0.222. The zero-order valence-corrected chi connectivity index (χ0v) is 15.2. The normalized spacial score (nSPS) is 11.4. The summed E-state index contributed by atoms with van der Waals surface area (Å²) in [5.41, 5.74) is 0.476. The van der Waals surface area contributed by atoms with Gasteiger partial charge < -0.3 is 13.9 Å². The molecule has 2 aromatic carbocycles. The van der Waals surface area contributed by atoms with Crippen LogP contribution >= 0.6 is 11.8 Å². The third kappa shape index (κ3) is 4.54. The number of benzene rings is 2. The van der Waals surface area contributed by atoms with Gasteiger partial charge in [0.25, 0.3) is 5.22 Å². The van der Waals surface area contributed by atoms with Crippen LogP contribution in [0.15, 0.2) is 52.1 Å². The number of aromatic nitrogens is 2. The van der Waals surface area contributed by atoms with E-state index >= 15 is 0 Å². The largest absolute Gasteiger partial charge is 0.493 e. The highest BCUT2D eigenvalue weighted by Gasteiger charge is 2.30. The van der Waals surface area contributed by atoms with E-state index in [-0.39, 0.29) is 16.9 Å². The van der Waals surface area contributed by atoms with Gasteiger partial charge in [0.15, 0.2) is 11.5 Å². The Kier molecular flexibility index (Phi) is 5.59. The molecule has 0 fully saturated rings. The van der Waals surface area contributed by atoms with Gasteiger partial charge >= 0.3 is 6.18 Å². The summed E-state index contributed by atoms with van der Waals surface area (Å²) in [5.74, 6) is 1.64. The lowest BCUT2D eigenvalue weighted by Crippen LogP contribution is -2.04. The van der Waals surface area contributed by atoms with E-state index in [1.54, 1.807) is 24.3 Å². The van der Waals surface area contributed by atoms with Gasteiger partial charge in [-0.05, 0) is 29.8 Å². The summed E-state index contributed by atoms with van der Waals surface area (Å²) in [6.45, 7) is 0. The van der Waals surface area contributed by atoms with Gasteiger partial charge in [-0.3, -0.25) is 0 Å². The van der Waals surface area contributed by atoms with E-state index in [1.165, 1.54) is 20.3 Å². The standard InChI is InChI=1S/C18H15F3N2O3S/c1-24-14-7-6-12(9-15(14)25-2)16-22-23-17(26-16)27-10-11-4-3-5-13(8-11)18(19,20)21/h3-9H,10H2,1-2H3. The van der Waals surface area contributed by atoms with Crippen LogP contribution in [0.5, 0.6) is 11.5 Å². The van der Waals surface area contributed by atoms with Crippen molar-refractivity contribution in [3.63, 3.8) is 0 Å². The first-order chi connectivity index (χ1) is 12.9. The van der Waals surface area contributed by atoms with E-state index in [4.69, 9.17) is 13.9 Å². The topological polar surface area (TPSA) is 57.4 Å². The van der Waals surface area contributed by atoms with Crippen LogP contribution in [0.25, 0.3) is 11.5 Å². The quantitative estimate of drug-likeness (QED) is 0.543. The number of alkyl halides is 3. The molecule has 5 nitrogen and oxygen atoms in total. The lowest BCUT2D eigenvalue weighted by Gasteiger charge is -2.08. The fourth-order valence-electron chi connectivity index (χ4n) is 2.34. The third-order valence-corrected chi connectivity index (χ3v) is 4.54. The van der Waals surface area contributed by atoms with Gasteiger partial charge in [0.05, 0.1) is 19.8 Å². The molecule has 27 heavy (non-hydrogen) atoms. The molecule has 0 bridgehead atoms. The Bertz CT molecular complexity index is 928. The SMILES string of the molecule is COc1ccc(-c2nnc(SCc3cccc(C(F)(F)F)c3)o2)cc1OC. The molecule has 1 heterocycles. The van der Waals surface area contributed by atoms with E-state index in [9.17, 15) is 13.2 Å². The maximum absolute atomic E-state index is 12.8. The molecule has 0 N–H and O–H groups in total. The van der Waals surface area contributed by atoms with Crippen molar-refractivity contribution >= 4 is 11.8 Å². The maximum Gasteiger partial charge on any atom is 0.416 e. The van der Waals surface area contributed by atoms with E-state index in [0.29, 0.717) is 22.6 Å². The first-order valence-electron chi connectivity index (χ1n) is 7.75. The summed E-state index contributed by atoms with van der Waals surface area (Å²) in [7, 11) is 3.05. The van der Waals surface area contributed by atoms with Crippen molar-refractivity contribution < 1.29 is 27.1 Å². The lowest BCUT2D eigenvalue weighted by atomic mass is 10.1. The van der Waals surface area contributed by atoms with E-state index < -0.39 is 11.7 Å². The molecule has 142 valence electrons. The number of ether oxygens (including phenoxy) is 2. The van der Waals surface area contributed by atoms with Crippen molar-refractivity contribution in [2.45, 2.75) is 17.2 Å². The number of halogens is 3. The summed E-state index contributed by atoms with van der Waals surface area (Å²) in [5, 5.41) is 8.16. The fourth-order valence-corrected chi connectivity index (χ4v) is 3.04. The molecule has 0 aliphatic heterocycles. The minimum Gasteiger partial charge on any atom is -0.493 e. The predicted molar refractivity (Wildman–Crippen MR) is 93.8 cm³/mol. The first-order valence-corrected chi connectivity index (χ1v) is 8.74. The average Bonchev–Trinajstić information content (AvgIpc) is 3.14. The highest BCUT2D eigenvalue weighted by Crippen LogP contribution is 2.34. The average molecular weight is 396 g/mol. The van der Waals surface area contributed by atoms with Crippen molar-refractivity contribution in [2.24, 2.45) is 0 Å². The van der Waals surface area contributed by atoms with Crippen molar-refractivity contribution in [3.05, 3.63) is 53.6 Å². The van der Waals surface area contributed by atoms with Crippen LogP contribution in [0, 0.1) is 0 Å². The molecule has 0 spiro atoms. The second-order valence-electron chi connectivity index (χ2n) is 5.43. The van der Waals surface area contributed by atoms with Crippen LogP contribution in [0.2, 0.25) is 0 Å². The molecule has 1 aromatic heterocycles. The summed E-state index contributed by atoms with van der Waals surface area (Å²) < 4.78 is 54.3. The first kappa shape index (κ1) is 19.1. The molecule has 0 saturated carbocycles. The van der Waals surface area contributed by atoms with Crippen molar-refractivity contribution in [1.29, 1.82) is 0 Å². The minimum absolute atomic E-state index is 0.261. The maximum atomic E-state index is 12.8. The number of hydrogen-bond acceptors (Lipinski definition) is 6. The van der Waals surface area contributed by atoms with Gasteiger partial charge in [0.1, 0.15) is 0 Å². The van der Waals surface area contributed by atoms with Gasteiger partial charge in [-0.15, -0.1) is 10.2 Å². The van der Waals surface area contributed by atoms with E-state index in [0.717, 1.165) is 23.9 Å². The molecule has 0 atom stereocenters. The smallest absolute Gasteiger partial charge is 0.416 e. The molecular formula is C18H15F3N2O3S. The van der Waals surface area contributed by atoms with Crippen molar-refractivity contribution in [1.82, 2.24) is 10.2 Å². The lowest BCUT2D eigenvalue weighted by molar-refractivity contribution is -0.137. The summed E-state index contributed by atoms with van der Waals surface area (Å²) in [6, 6.07) is 10.3. The number of thioether (sulfide) groups is 1. The van der Waals surface area contributed by atoms with Crippen LogP contribution in [-0.4, -0.2) is 24.4 Å². The highest BCUT2D eigenvalue weighted by molar-refractivity contribution is 7.98. The Balaban J connectivity index is 1.72. The Morgan fingerprint density at radius 1 is 1.00 bits per heavy atom. The van der Waals surface area contributed by atoms with Crippen LogP contribution in [0.3, 0.4) is 0 Å². The van der Waals surface area contributed by atoms with E-state index in [2.05, 4.69) is 10.2 Å². The monoisotopic (exact) mass is 396 g/mol. The number of nitrogens with zero attached hydrogens (tertiary/aromatic N) is 2. The van der Waals surface area contributed by atoms with Crippen molar-refractivity contribution in [3.8, 4) is 23.0 Å². The molecule has 3 aromatic rings. The molecule has 0 saturated heterocycles. The van der Waals surface area contributed by atoms with Gasteiger partial charge in [-0.2, -0.15) is 13.2 Å². The van der Waals surface area contributed by atoms with Crippen LogP contribution in [0.1, 0.15) is 11.1 Å². The van der Waals surface area contributed by atoms with Gasteiger partial charge in [0.2, 0.25) is 5.89 Å². The van der Waals surface area contributed by atoms with Crippen molar-refractivity contribution in [2.75, 3.05) is 14.2 Å². The molecule has 9 heteroatoms. The minimum atomic E-state index is -4.37. The Morgan fingerprint density at radius 3 is 2.48 bits per heavy atom. The molecule has 0 aliphatic carbocycles. The molecular weight excluding hydrogens is 381 g/mol. The molecule has 0 unspecified atom stereocenters. The van der Waals surface area contributed by atoms with E-state index in [1.807, 2.05) is 0 Å². The van der Waals surface area contributed by atoms with Crippen LogP contribution in [-0.2, 0) is 11.9 Å². The number of methoxy groups -OCH3 is 2. The van der Waals surface area contributed by atoms with Gasteiger partial charge in [0, 0.05) is 11.3 Å². The molecule has 0 aliphatic rings. The molecule has 0 amide bonds. The van der Waals surface area contributed by atoms with Crippen LogP contribution < -0.4 is 9.47 Å². The molecule has 0 radical (unpaired) electrons. The number of hydrogen-bond donors (Lipinski definition) is 0. The van der Waals surface area contributed by atoms with Crippen LogP contribution in [0.4, 0.5) is 13.2 Å². The Hall–Kier alpha value is -2.68. The zero-order chi connectivity index (χ0) is 19.4. The predicted octanol–water partition coefficient (Wildman–Crippen LogP) is 5.06. The Morgan fingerprint density at radius 2 is 1.78 bits per heavy atom. The summed E-state index contributed by atoms with van der Waals surface area (Å²) in [4.78, 5) is 0. The second-order valence-corrected chi connectivity index (χ2v) is 6.36. The second kappa shape index (κ2) is 7.91. The van der Waals surface area contributed by atoms with Gasteiger partial charge in [-0.25, -0.2) is 0 Å². The third-order valence-electron chi connectivity index (χ3n) is 3.65. The highest BCUT2D eigenvalue weighted by atomic mass is 32.2.